The third-order valence-electron chi connectivity index (χ3n) is 17.1. The molecule has 0 aliphatic carbocycles. The Morgan fingerprint density at radius 2 is 0.590 bits per heavy atom. The molecule has 1 amide bonds. The van der Waals surface area contributed by atoms with E-state index in [9.17, 15) is 19.8 Å². The van der Waals surface area contributed by atoms with Gasteiger partial charge in [-0.1, -0.05) is 379 Å². The number of rotatable bonds is 68. The number of carbonyl (C=O) groups is 2. The van der Waals surface area contributed by atoms with Crippen molar-refractivity contribution in [3.63, 3.8) is 0 Å². The Morgan fingerprint density at radius 1 is 0.346 bits per heavy atom. The third-order valence-corrected chi connectivity index (χ3v) is 17.1. The van der Waals surface area contributed by atoms with Crippen molar-refractivity contribution in [1.82, 2.24) is 5.32 Å². The molecule has 0 aliphatic heterocycles. The normalized spacial score (nSPS) is 12.5. The van der Waals surface area contributed by atoms with E-state index in [4.69, 9.17) is 4.74 Å². The van der Waals surface area contributed by atoms with Gasteiger partial charge < -0.3 is 20.3 Å². The van der Waals surface area contributed by atoms with E-state index in [2.05, 4.69) is 19.2 Å². The number of esters is 1. The van der Waals surface area contributed by atoms with E-state index < -0.39 is 12.1 Å². The Balaban J connectivity index is 3.38. The summed E-state index contributed by atoms with van der Waals surface area (Å²) in [6.45, 7) is 4.95. The fourth-order valence-electron chi connectivity index (χ4n) is 11.6. The summed E-state index contributed by atoms with van der Waals surface area (Å²) in [5.41, 5.74) is 0. The molecule has 0 spiro atoms. The SMILES string of the molecule is CCCCCCCCCCCCCCCCCCCCCCCC/C=C/C(O)C(CO)NC(=O)CCCCCCCCCCCCCCCCCCCCCCCCCCCCOC(=O)CCCCCCCCCCCCC. The maximum atomic E-state index is 12.5. The van der Waals surface area contributed by atoms with Crippen LogP contribution in [0.2, 0.25) is 0 Å². The Bertz CT molecular complexity index is 1180. The van der Waals surface area contributed by atoms with Gasteiger partial charge in [-0.25, -0.2) is 0 Å². The van der Waals surface area contributed by atoms with Crippen molar-refractivity contribution < 1.29 is 24.5 Å². The van der Waals surface area contributed by atoms with E-state index >= 15 is 0 Å². The second-order valence-electron chi connectivity index (χ2n) is 24.9. The lowest BCUT2D eigenvalue weighted by Crippen LogP contribution is -2.45. The highest BCUT2D eigenvalue weighted by molar-refractivity contribution is 5.76. The monoisotopic (exact) mass is 1100 g/mol. The van der Waals surface area contributed by atoms with Crippen molar-refractivity contribution >= 4 is 11.9 Å². The first-order valence-electron chi connectivity index (χ1n) is 36.0. The van der Waals surface area contributed by atoms with Gasteiger partial charge in [0.15, 0.2) is 0 Å². The van der Waals surface area contributed by atoms with Crippen LogP contribution < -0.4 is 5.32 Å². The fourth-order valence-corrected chi connectivity index (χ4v) is 11.6. The Kier molecular flexibility index (Phi) is 66.9. The minimum absolute atomic E-state index is 0.0176. The molecular weight excluding hydrogens is 959 g/mol. The Morgan fingerprint density at radius 3 is 0.872 bits per heavy atom. The van der Waals surface area contributed by atoms with Gasteiger partial charge >= 0.3 is 5.97 Å². The Hall–Kier alpha value is -1.40. The highest BCUT2D eigenvalue weighted by atomic mass is 16.5. The maximum absolute atomic E-state index is 12.5. The third kappa shape index (κ3) is 63.8. The van der Waals surface area contributed by atoms with Crippen molar-refractivity contribution in [1.29, 1.82) is 0 Å². The molecule has 0 fully saturated rings. The topological polar surface area (TPSA) is 95.9 Å². The molecule has 0 saturated carbocycles. The lowest BCUT2D eigenvalue weighted by atomic mass is 10.0. The number of ether oxygens (including phenoxy) is 1. The van der Waals surface area contributed by atoms with Gasteiger partial charge in [0.1, 0.15) is 0 Å². The summed E-state index contributed by atoms with van der Waals surface area (Å²) >= 11 is 0. The van der Waals surface area contributed by atoms with Crippen molar-refractivity contribution in [2.24, 2.45) is 0 Å². The summed E-state index contributed by atoms with van der Waals surface area (Å²) in [6, 6.07) is -0.627. The van der Waals surface area contributed by atoms with Crippen LogP contribution in [0.25, 0.3) is 0 Å². The Labute approximate surface area is 489 Å². The summed E-state index contributed by atoms with van der Waals surface area (Å²) in [5, 5.41) is 23.3. The standard InChI is InChI=1S/C72H141NO5/c1-3-5-7-9-11-13-15-16-17-18-19-20-21-26-29-32-35-38-41-45-48-52-56-60-64-70(75)69(68-74)73-71(76)65-61-57-53-49-46-42-39-36-33-30-27-24-22-23-25-28-31-34-37-40-43-47-51-55-59-63-67-78-72(77)66-62-58-54-50-44-14-12-10-8-6-4-2/h60,64,69-70,74-75H,3-59,61-63,65-68H2,1-2H3,(H,73,76)/b64-60+. The number of hydrogen-bond acceptors (Lipinski definition) is 5. The zero-order valence-electron chi connectivity index (χ0n) is 53.2. The van der Waals surface area contributed by atoms with Gasteiger partial charge in [0.25, 0.3) is 0 Å². The molecule has 0 aromatic rings. The van der Waals surface area contributed by atoms with E-state index in [0.717, 1.165) is 38.5 Å². The fraction of sp³-hybridized carbons (Fsp3) is 0.944. The number of unbranched alkanes of at least 4 members (excludes halogenated alkanes) is 57. The first-order valence-corrected chi connectivity index (χ1v) is 36.0. The number of carbonyl (C=O) groups excluding carboxylic acids is 2. The van der Waals surface area contributed by atoms with Crippen LogP contribution in [0.5, 0.6) is 0 Å². The van der Waals surface area contributed by atoms with Gasteiger partial charge in [-0.2, -0.15) is 0 Å². The molecule has 0 heterocycles. The minimum atomic E-state index is -0.844. The predicted octanol–water partition coefficient (Wildman–Crippen LogP) is 23.1. The number of amides is 1. The molecule has 6 nitrogen and oxygen atoms in total. The van der Waals surface area contributed by atoms with Crippen molar-refractivity contribution in [3.8, 4) is 0 Å². The summed E-state index contributed by atoms with van der Waals surface area (Å²) < 4.78 is 5.48. The number of nitrogens with one attached hydrogen (secondary N) is 1. The van der Waals surface area contributed by atoms with Crippen LogP contribution in [0.3, 0.4) is 0 Å². The molecule has 6 heteroatoms. The van der Waals surface area contributed by atoms with Crippen LogP contribution in [-0.2, 0) is 14.3 Å². The smallest absolute Gasteiger partial charge is 0.305 e. The summed E-state index contributed by atoms with van der Waals surface area (Å²) in [6.07, 6.45) is 84.4. The molecule has 78 heavy (non-hydrogen) atoms. The van der Waals surface area contributed by atoms with E-state index in [1.165, 1.54) is 347 Å². The average molecular weight is 1100 g/mol. The molecular formula is C72H141NO5. The molecule has 464 valence electrons. The molecule has 2 atom stereocenters. The number of allylic oxidation sites excluding steroid dienone is 1. The highest BCUT2D eigenvalue weighted by Crippen LogP contribution is 2.19. The van der Waals surface area contributed by atoms with Crippen LogP contribution in [-0.4, -0.2) is 47.4 Å². The second kappa shape index (κ2) is 68.1. The summed E-state index contributed by atoms with van der Waals surface area (Å²) in [5.74, 6) is -0.0429. The summed E-state index contributed by atoms with van der Waals surface area (Å²) in [7, 11) is 0. The zero-order valence-corrected chi connectivity index (χ0v) is 53.2. The van der Waals surface area contributed by atoms with Crippen LogP contribution in [0.1, 0.15) is 412 Å². The molecule has 2 unspecified atom stereocenters. The van der Waals surface area contributed by atoms with Crippen LogP contribution in [0.4, 0.5) is 0 Å². The van der Waals surface area contributed by atoms with Crippen molar-refractivity contribution in [2.45, 2.75) is 424 Å². The first kappa shape index (κ1) is 76.6. The van der Waals surface area contributed by atoms with Gasteiger partial charge in [-0.3, -0.25) is 9.59 Å². The van der Waals surface area contributed by atoms with Crippen molar-refractivity contribution in [3.05, 3.63) is 12.2 Å². The molecule has 3 N–H and O–H groups in total. The zero-order chi connectivity index (χ0) is 56.4. The molecule has 0 aromatic heterocycles. The first-order chi connectivity index (χ1) is 38.5. The quantitative estimate of drug-likeness (QED) is 0.0320. The predicted molar refractivity (Wildman–Crippen MR) is 343 cm³/mol. The van der Waals surface area contributed by atoms with E-state index in [1.807, 2.05) is 6.08 Å². The summed E-state index contributed by atoms with van der Waals surface area (Å²) in [4.78, 5) is 24.5. The number of aliphatic hydroxyl groups is 2. The van der Waals surface area contributed by atoms with Crippen molar-refractivity contribution in [2.75, 3.05) is 13.2 Å². The van der Waals surface area contributed by atoms with Crippen LogP contribution in [0.15, 0.2) is 12.2 Å². The minimum Gasteiger partial charge on any atom is -0.466 e. The number of aliphatic hydroxyl groups excluding tert-OH is 2. The van der Waals surface area contributed by atoms with E-state index in [1.54, 1.807) is 6.08 Å². The lowest BCUT2D eigenvalue weighted by Gasteiger charge is -2.20. The van der Waals surface area contributed by atoms with Gasteiger partial charge in [0.2, 0.25) is 5.91 Å². The van der Waals surface area contributed by atoms with E-state index in [-0.39, 0.29) is 18.5 Å². The van der Waals surface area contributed by atoms with Crippen LogP contribution >= 0.6 is 0 Å². The molecule has 0 aliphatic rings. The molecule has 0 aromatic carbocycles. The maximum Gasteiger partial charge on any atom is 0.305 e. The largest absolute Gasteiger partial charge is 0.466 e. The van der Waals surface area contributed by atoms with E-state index in [0.29, 0.717) is 19.4 Å². The average Bonchev–Trinajstić information content (AvgIpc) is 3.44. The second-order valence-corrected chi connectivity index (χ2v) is 24.9. The molecule has 0 rings (SSSR count). The van der Waals surface area contributed by atoms with Gasteiger partial charge in [-0.15, -0.1) is 0 Å². The van der Waals surface area contributed by atoms with Gasteiger partial charge in [0.05, 0.1) is 25.4 Å². The molecule has 0 saturated heterocycles. The van der Waals surface area contributed by atoms with Crippen LogP contribution in [0, 0.1) is 0 Å². The molecule has 0 bridgehead atoms. The number of hydrogen-bond donors (Lipinski definition) is 3. The van der Waals surface area contributed by atoms with Gasteiger partial charge in [0, 0.05) is 12.8 Å². The lowest BCUT2D eigenvalue weighted by molar-refractivity contribution is -0.143. The van der Waals surface area contributed by atoms with Gasteiger partial charge in [-0.05, 0) is 32.1 Å². The highest BCUT2D eigenvalue weighted by Gasteiger charge is 2.18. The molecule has 0 radical (unpaired) electrons.